The lowest BCUT2D eigenvalue weighted by Crippen LogP contribution is -2.38. The smallest absolute Gasteiger partial charge is 0.308 e. The Hall–Kier alpha value is -1.85. The Labute approximate surface area is 117 Å². The van der Waals surface area contributed by atoms with Gasteiger partial charge in [0.25, 0.3) is 5.91 Å². The summed E-state index contributed by atoms with van der Waals surface area (Å²) in [6.07, 6.45) is 4.21. The Kier molecular flexibility index (Phi) is 3.23. The molecule has 108 valence electrons. The van der Waals surface area contributed by atoms with Gasteiger partial charge in [-0.25, -0.2) is 0 Å². The summed E-state index contributed by atoms with van der Waals surface area (Å²) in [4.78, 5) is 25.1. The second-order valence-corrected chi connectivity index (χ2v) is 5.91. The van der Waals surface area contributed by atoms with Gasteiger partial charge in [0.15, 0.2) is 0 Å². The molecule has 3 rings (SSSR count). The van der Waals surface area contributed by atoms with Gasteiger partial charge in [-0.15, -0.1) is 0 Å². The van der Waals surface area contributed by atoms with Crippen molar-refractivity contribution in [3.05, 3.63) is 17.5 Å². The molecule has 0 radical (unpaired) electrons. The fourth-order valence-electron chi connectivity index (χ4n) is 2.35. The maximum absolute atomic E-state index is 12.5. The second-order valence-electron chi connectivity index (χ2n) is 5.91. The number of aliphatic carboxylic acids is 1. The molecule has 1 aromatic heterocycles. The largest absolute Gasteiger partial charge is 0.481 e. The van der Waals surface area contributed by atoms with Crippen molar-refractivity contribution in [2.24, 2.45) is 5.92 Å². The normalized spacial score (nSPS) is 19.6. The first-order chi connectivity index (χ1) is 9.56. The lowest BCUT2D eigenvalue weighted by molar-refractivity contribution is -0.141. The first-order valence-corrected chi connectivity index (χ1v) is 7.15. The molecule has 2 aliphatic rings. The van der Waals surface area contributed by atoms with Crippen LogP contribution in [0.5, 0.6) is 0 Å². The third-order valence-electron chi connectivity index (χ3n) is 3.97. The number of H-pyrrole nitrogens is 1. The number of amides is 1. The van der Waals surface area contributed by atoms with Gasteiger partial charge in [0.2, 0.25) is 0 Å². The molecule has 0 aromatic carbocycles. The lowest BCUT2D eigenvalue weighted by Gasteiger charge is -2.23. The van der Waals surface area contributed by atoms with Crippen molar-refractivity contribution in [1.29, 1.82) is 0 Å². The molecular weight excluding hydrogens is 258 g/mol. The summed E-state index contributed by atoms with van der Waals surface area (Å²) in [7, 11) is 0. The number of aromatic amines is 1. The zero-order valence-corrected chi connectivity index (χ0v) is 11.5. The fourth-order valence-corrected chi connectivity index (χ4v) is 2.35. The minimum atomic E-state index is -0.871. The molecule has 0 unspecified atom stereocenters. The molecule has 0 bridgehead atoms. The van der Waals surface area contributed by atoms with Gasteiger partial charge in [0, 0.05) is 24.2 Å². The van der Waals surface area contributed by atoms with E-state index in [4.69, 9.17) is 5.11 Å². The van der Waals surface area contributed by atoms with Crippen LogP contribution in [-0.2, 0) is 4.79 Å². The molecule has 1 amide bonds. The number of carbonyl (C=O) groups excluding carboxylic acids is 1. The molecule has 1 atom stereocenters. The van der Waals surface area contributed by atoms with E-state index in [0.717, 1.165) is 31.4 Å². The Morgan fingerprint density at radius 2 is 2.15 bits per heavy atom. The average molecular weight is 277 g/mol. The summed E-state index contributed by atoms with van der Waals surface area (Å²) in [5.74, 6) is -1.05. The third kappa shape index (κ3) is 2.69. The van der Waals surface area contributed by atoms with Gasteiger partial charge in [-0.05, 0) is 31.7 Å². The number of hydrogen-bond donors (Lipinski definition) is 2. The molecule has 0 saturated heterocycles. The number of aromatic nitrogens is 2. The van der Waals surface area contributed by atoms with Gasteiger partial charge in [0.05, 0.1) is 5.92 Å². The van der Waals surface area contributed by atoms with Crippen LogP contribution in [0.1, 0.15) is 54.7 Å². The van der Waals surface area contributed by atoms with E-state index in [-0.39, 0.29) is 18.5 Å². The van der Waals surface area contributed by atoms with Crippen molar-refractivity contribution in [3.8, 4) is 0 Å². The molecule has 0 spiro atoms. The van der Waals surface area contributed by atoms with E-state index >= 15 is 0 Å². The van der Waals surface area contributed by atoms with E-state index in [9.17, 15) is 9.59 Å². The predicted octanol–water partition coefficient (Wildman–Crippen LogP) is 1.61. The van der Waals surface area contributed by atoms with Crippen LogP contribution < -0.4 is 0 Å². The SMILES string of the molecule is C[C@@H](CN(C(=O)c1cc(C2CC2)[nH]n1)C1CC1)C(=O)O. The van der Waals surface area contributed by atoms with Crippen LogP contribution in [0.25, 0.3) is 0 Å². The Morgan fingerprint density at radius 3 is 2.70 bits per heavy atom. The van der Waals surface area contributed by atoms with E-state index in [1.165, 1.54) is 0 Å². The Bertz CT molecular complexity index is 532. The highest BCUT2D eigenvalue weighted by Gasteiger charge is 2.36. The topological polar surface area (TPSA) is 86.3 Å². The van der Waals surface area contributed by atoms with Gasteiger partial charge in [-0.3, -0.25) is 14.7 Å². The molecule has 1 aromatic rings. The van der Waals surface area contributed by atoms with Crippen LogP contribution in [0, 0.1) is 5.92 Å². The van der Waals surface area contributed by atoms with Gasteiger partial charge in [-0.2, -0.15) is 5.10 Å². The van der Waals surface area contributed by atoms with Gasteiger partial charge in [-0.1, -0.05) is 6.92 Å². The first-order valence-electron chi connectivity index (χ1n) is 7.15. The maximum Gasteiger partial charge on any atom is 0.308 e. The van der Waals surface area contributed by atoms with Gasteiger partial charge >= 0.3 is 5.97 Å². The first kappa shape index (κ1) is 13.1. The van der Waals surface area contributed by atoms with Crippen LogP contribution in [0.4, 0.5) is 0 Å². The summed E-state index contributed by atoms with van der Waals surface area (Å²) < 4.78 is 0. The number of rotatable bonds is 6. The average Bonchev–Trinajstić information content (AvgIpc) is 3.34. The Morgan fingerprint density at radius 1 is 1.45 bits per heavy atom. The van der Waals surface area contributed by atoms with Crippen molar-refractivity contribution < 1.29 is 14.7 Å². The summed E-state index contributed by atoms with van der Waals surface area (Å²) >= 11 is 0. The minimum Gasteiger partial charge on any atom is -0.481 e. The lowest BCUT2D eigenvalue weighted by atomic mass is 10.1. The second kappa shape index (κ2) is 4.92. The van der Waals surface area contributed by atoms with E-state index in [1.54, 1.807) is 11.8 Å². The quantitative estimate of drug-likeness (QED) is 0.827. The number of carboxylic acids is 1. The summed E-state index contributed by atoms with van der Waals surface area (Å²) in [5.41, 5.74) is 1.44. The van der Waals surface area contributed by atoms with Crippen LogP contribution in [0.3, 0.4) is 0 Å². The van der Waals surface area contributed by atoms with E-state index in [2.05, 4.69) is 10.2 Å². The van der Waals surface area contributed by atoms with Crippen LogP contribution >= 0.6 is 0 Å². The number of carboxylic acid groups (broad SMARTS) is 1. The number of nitrogens with zero attached hydrogens (tertiary/aromatic N) is 2. The Balaban J connectivity index is 1.72. The molecule has 6 nitrogen and oxygen atoms in total. The summed E-state index contributed by atoms with van der Waals surface area (Å²) in [6.45, 7) is 1.88. The van der Waals surface area contributed by atoms with E-state index in [1.807, 2.05) is 6.07 Å². The predicted molar refractivity (Wildman–Crippen MR) is 71.4 cm³/mol. The van der Waals surface area contributed by atoms with Crippen molar-refractivity contribution >= 4 is 11.9 Å². The number of hydrogen-bond acceptors (Lipinski definition) is 3. The van der Waals surface area contributed by atoms with Crippen LogP contribution in [0.15, 0.2) is 6.07 Å². The minimum absolute atomic E-state index is 0.149. The summed E-state index contributed by atoms with van der Waals surface area (Å²) in [5, 5.41) is 16.0. The number of carbonyl (C=O) groups is 2. The molecule has 20 heavy (non-hydrogen) atoms. The third-order valence-corrected chi connectivity index (χ3v) is 3.97. The highest BCUT2D eigenvalue weighted by molar-refractivity contribution is 5.93. The maximum atomic E-state index is 12.5. The molecule has 0 aliphatic heterocycles. The van der Waals surface area contributed by atoms with Crippen molar-refractivity contribution in [1.82, 2.24) is 15.1 Å². The molecule has 2 fully saturated rings. The van der Waals surface area contributed by atoms with Crippen molar-refractivity contribution in [2.45, 2.75) is 44.6 Å². The monoisotopic (exact) mass is 277 g/mol. The molecule has 2 N–H and O–H groups in total. The van der Waals surface area contributed by atoms with Gasteiger partial charge < -0.3 is 10.0 Å². The van der Waals surface area contributed by atoms with Crippen LogP contribution in [0.2, 0.25) is 0 Å². The zero-order chi connectivity index (χ0) is 14.3. The molecule has 2 aliphatic carbocycles. The zero-order valence-electron chi connectivity index (χ0n) is 11.5. The van der Waals surface area contributed by atoms with Crippen LogP contribution in [-0.4, -0.2) is 44.7 Å². The molecule has 2 saturated carbocycles. The van der Waals surface area contributed by atoms with Crippen molar-refractivity contribution in [2.75, 3.05) is 6.54 Å². The molecular formula is C14H19N3O3. The summed E-state index contributed by atoms with van der Waals surface area (Å²) in [6, 6.07) is 2.01. The fraction of sp³-hybridized carbons (Fsp3) is 0.643. The van der Waals surface area contributed by atoms with E-state index < -0.39 is 11.9 Å². The highest BCUT2D eigenvalue weighted by atomic mass is 16.4. The molecule has 1 heterocycles. The standard InChI is InChI=1S/C14H19N3O3/c1-8(14(19)20)7-17(10-4-5-10)13(18)12-6-11(15-16-12)9-2-3-9/h6,8-10H,2-5,7H2,1H3,(H,15,16)(H,19,20)/t8-/m0/s1. The van der Waals surface area contributed by atoms with E-state index in [0.29, 0.717) is 11.6 Å². The highest BCUT2D eigenvalue weighted by Crippen LogP contribution is 2.39. The van der Waals surface area contributed by atoms with Gasteiger partial charge in [0.1, 0.15) is 5.69 Å². The molecule has 6 heteroatoms. The number of nitrogens with one attached hydrogen (secondary N) is 1. The van der Waals surface area contributed by atoms with Crippen molar-refractivity contribution in [3.63, 3.8) is 0 Å².